The average Bonchev–Trinajstić information content (AvgIpc) is 2.04. The summed E-state index contributed by atoms with van der Waals surface area (Å²) in [4.78, 5) is 0. The Morgan fingerprint density at radius 2 is 2.25 bits per heavy atom. The van der Waals surface area contributed by atoms with Crippen LogP contribution in [0.2, 0.25) is 0 Å². The molecule has 2 aliphatic rings. The van der Waals surface area contributed by atoms with E-state index in [1.54, 1.807) is 0 Å². The summed E-state index contributed by atoms with van der Waals surface area (Å²) in [6, 6.07) is 0. The summed E-state index contributed by atoms with van der Waals surface area (Å²) in [5.74, 6) is 1.46. The lowest BCUT2D eigenvalue weighted by Gasteiger charge is -2.32. The molecule has 1 aliphatic carbocycles. The van der Waals surface area contributed by atoms with Gasteiger partial charge in [0.05, 0.1) is 6.61 Å². The van der Waals surface area contributed by atoms with E-state index in [4.69, 9.17) is 9.47 Å². The van der Waals surface area contributed by atoms with Gasteiger partial charge in [0, 0.05) is 5.92 Å². The third-order valence-electron chi connectivity index (χ3n) is 2.30. The van der Waals surface area contributed by atoms with Crippen LogP contribution in [0.15, 0.2) is 23.5 Å². The molecule has 66 valence electrons. The molecule has 2 rings (SSSR count). The molecule has 2 heteroatoms. The zero-order chi connectivity index (χ0) is 8.55. The van der Waals surface area contributed by atoms with Gasteiger partial charge in [-0.15, -0.1) is 0 Å². The summed E-state index contributed by atoms with van der Waals surface area (Å²) in [5.41, 5.74) is 1.28. The molecule has 2 atom stereocenters. The van der Waals surface area contributed by atoms with Crippen molar-refractivity contribution in [1.29, 1.82) is 0 Å². The van der Waals surface area contributed by atoms with Gasteiger partial charge in [-0.2, -0.15) is 0 Å². The molecular formula is C10H14O2. The standard InChI is InChI=1S/C10H14O2/c1-7-5-8(2)10-9(6-7)11-3-4-12-10/h5-6,8,10H,3-4H2,1-2H3. The fraction of sp³-hybridized carbons (Fsp3) is 0.600. The molecule has 0 radical (unpaired) electrons. The molecule has 2 nitrogen and oxygen atoms in total. The molecule has 1 heterocycles. The maximum absolute atomic E-state index is 5.60. The van der Waals surface area contributed by atoms with Gasteiger partial charge in [0.25, 0.3) is 0 Å². The predicted molar refractivity (Wildman–Crippen MR) is 46.7 cm³/mol. The zero-order valence-electron chi connectivity index (χ0n) is 7.54. The van der Waals surface area contributed by atoms with Crippen LogP contribution in [0.1, 0.15) is 13.8 Å². The number of hydrogen-bond donors (Lipinski definition) is 0. The summed E-state index contributed by atoms with van der Waals surface area (Å²) in [5, 5.41) is 0. The van der Waals surface area contributed by atoms with Gasteiger partial charge >= 0.3 is 0 Å². The van der Waals surface area contributed by atoms with Crippen LogP contribution >= 0.6 is 0 Å². The molecule has 0 amide bonds. The Morgan fingerprint density at radius 1 is 1.42 bits per heavy atom. The van der Waals surface area contributed by atoms with Crippen LogP contribution in [-0.2, 0) is 9.47 Å². The highest BCUT2D eigenvalue weighted by molar-refractivity contribution is 5.28. The minimum Gasteiger partial charge on any atom is -0.493 e. The second-order valence-electron chi connectivity index (χ2n) is 3.46. The third-order valence-corrected chi connectivity index (χ3v) is 2.30. The van der Waals surface area contributed by atoms with Gasteiger partial charge in [-0.25, -0.2) is 0 Å². The number of ether oxygens (including phenoxy) is 2. The lowest BCUT2D eigenvalue weighted by atomic mass is 9.94. The Balaban J connectivity index is 2.23. The Bertz CT molecular complexity index is 240. The van der Waals surface area contributed by atoms with Gasteiger partial charge in [-0.05, 0) is 13.0 Å². The predicted octanol–water partition coefficient (Wildman–Crippen LogP) is 1.88. The molecule has 1 aliphatic heterocycles. The molecular weight excluding hydrogens is 152 g/mol. The molecule has 0 saturated carbocycles. The third kappa shape index (κ3) is 1.27. The Morgan fingerprint density at radius 3 is 3.08 bits per heavy atom. The van der Waals surface area contributed by atoms with Gasteiger partial charge in [0.15, 0.2) is 0 Å². The van der Waals surface area contributed by atoms with E-state index in [1.807, 2.05) is 0 Å². The van der Waals surface area contributed by atoms with Crippen molar-refractivity contribution in [3.8, 4) is 0 Å². The first-order chi connectivity index (χ1) is 5.77. The van der Waals surface area contributed by atoms with Crippen molar-refractivity contribution < 1.29 is 9.47 Å². The first-order valence-electron chi connectivity index (χ1n) is 4.42. The lowest BCUT2D eigenvalue weighted by Crippen LogP contribution is -2.33. The molecule has 1 fully saturated rings. The average molecular weight is 166 g/mol. The van der Waals surface area contributed by atoms with Gasteiger partial charge in [-0.3, -0.25) is 0 Å². The maximum atomic E-state index is 5.60. The minimum absolute atomic E-state index is 0.169. The smallest absolute Gasteiger partial charge is 0.126 e. The Labute approximate surface area is 72.9 Å². The molecule has 1 saturated heterocycles. The molecule has 0 N–H and O–H groups in total. The Hall–Kier alpha value is -0.760. The fourth-order valence-electron chi connectivity index (χ4n) is 1.81. The highest BCUT2D eigenvalue weighted by Gasteiger charge is 2.28. The molecule has 12 heavy (non-hydrogen) atoms. The van der Waals surface area contributed by atoms with E-state index in [0.29, 0.717) is 12.5 Å². The monoisotopic (exact) mass is 166 g/mol. The maximum Gasteiger partial charge on any atom is 0.126 e. The minimum atomic E-state index is 0.169. The quantitative estimate of drug-likeness (QED) is 0.547. The summed E-state index contributed by atoms with van der Waals surface area (Å²) in [6.45, 7) is 5.68. The fourth-order valence-corrected chi connectivity index (χ4v) is 1.81. The van der Waals surface area contributed by atoms with E-state index in [9.17, 15) is 0 Å². The molecule has 0 aromatic carbocycles. The van der Waals surface area contributed by atoms with E-state index in [2.05, 4.69) is 26.0 Å². The topological polar surface area (TPSA) is 18.5 Å². The second kappa shape index (κ2) is 2.94. The van der Waals surface area contributed by atoms with Crippen molar-refractivity contribution >= 4 is 0 Å². The van der Waals surface area contributed by atoms with Gasteiger partial charge in [0.1, 0.15) is 18.5 Å². The van der Waals surface area contributed by atoms with Crippen LogP contribution in [0.3, 0.4) is 0 Å². The van der Waals surface area contributed by atoms with Crippen LogP contribution in [0, 0.1) is 5.92 Å². The highest BCUT2D eigenvalue weighted by atomic mass is 16.6. The van der Waals surface area contributed by atoms with E-state index in [1.165, 1.54) is 5.57 Å². The van der Waals surface area contributed by atoms with Crippen molar-refractivity contribution in [1.82, 2.24) is 0 Å². The van der Waals surface area contributed by atoms with E-state index in [0.717, 1.165) is 12.4 Å². The lowest BCUT2D eigenvalue weighted by molar-refractivity contribution is -0.0578. The molecule has 0 aromatic rings. The Kier molecular flexibility index (Phi) is 1.93. The SMILES string of the molecule is CC1=CC(C)C2OCCOC2=C1. The first-order valence-corrected chi connectivity index (χ1v) is 4.42. The highest BCUT2D eigenvalue weighted by Crippen LogP contribution is 2.28. The second-order valence-corrected chi connectivity index (χ2v) is 3.46. The number of allylic oxidation sites excluding steroid dienone is 2. The van der Waals surface area contributed by atoms with Crippen LogP contribution in [0.4, 0.5) is 0 Å². The normalized spacial score (nSPS) is 34.5. The van der Waals surface area contributed by atoms with Crippen molar-refractivity contribution in [2.75, 3.05) is 13.2 Å². The van der Waals surface area contributed by atoms with Gasteiger partial charge in [0.2, 0.25) is 0 Å². The summed E-state index contributed by atoms with van der Waals surface area (Å²) < 4.78 is 11.1. The molecule has 2 unspecified atom stereocenters. The largest absolute Gasteiger partial charge is 0.493 e. The number of rotatable bonds is 0. The van der Waals surface area contributed by atoms with Crippen molar-refractivity contribution in [3.63, 3.8) is 0 Å². The summed E-state index contributed by atoms with van der Waals surface area (Å²) >= 11 is 0. The van der Waals surface area contributed by atoms with Crippen LogP contribution < -0.4 is 0 Å². The van der Waals surface area contributed by atoms with E-state index in [-0.39, 0.29) is 6.10 Å². The molecule has 0 bridgehead atoms. The summed E-state index contributed by atoms with van der Waals surface area (Å²) in [7, 11) is 0. The van der Waals surface area contributed by atoms with E-state index < -0.39 is 0 Å². The zero-order valence-corrected chi connectivity index (χ0v) is 7.54. The van der Waals surface area contributed by atoms with E-state index >= 15 is 0 Å². The van der Waals surface area contributed by atoms with Crippen molar-refractivity contribution in [2.24, 2.45) is 5.92 Å². The number of hydrogen-bond acceptors (Lipinski definition) is 2. The van der Waals surface area contributed by atoms with Gasteiger partial charge < -0.3 is 9.47 Å². The van der Waals surface area contributed by atoms with Crippen molar-refractivity contribution in [2.45, 2.75) is 20.0 Å². The number of fused-ring (bicyclic) bond motifs is 1. The van der Waals surface area contributed by atoms with Crippen LogP contribution in [0.5, 0.6) is 0 Å². The molecule has 0 spiro atoms. The van der Waals surface area contributed by atoms with Crippen molar-refractivity contribution in [3.05, 3.63) is 23.5 Å². The summed E-state index contributed by atoms with van der Waals surface area (Å²) in [6.07, 6.45) is 4.47. The first kappa shape index (κ1) is 7.87. The van der Waals surface area contributed by atoms with Crippen LogP contribution in [-0.4, -0.2) is 19.3 Å². The molecule has 0 aromatic heterocycles. The van der Waals surface area contributed by atoms with Crippen LogP contribution in [0.25, 0.3) is 0 Å². The van der Waals surface area contributed by atoms with Gasteiger partial charge in [-0.1, -0.05) is 18.6 Å².